The number of carbonyl (C=O) groups is 2. The minimum absolute atomic E-state index is 0.387. The van der Waals surface area contributed by atoms with E-state index in [4.69, 9.17) is 0 Å². The Balaban J connectivity index is 1.78. The zero-order chi connectivity index (χ0) is 17.4. The molecule has 0 fully saturated rings. The summed E-state index contributed by atoms with van der Waals surface area (Å²) >= 11 is 0. The van der Waals surface area contributed by atoms with Crippen molar-refractivity contribution in [2.75, 3.05) is 0 Å². The maximum Gasteiger partial charge on any atom is 0.272 e. The van der Waals surface area contributed by atoms with Crippen molar-refractivity contribution < 1.29 is 9.59 Å². The lowest BCUT2D eigenvalue weighted by molar-refractivity contribution is 0.0946. The average Bonchev–Trinajstić information content (AvgIpc) is 2.58. The lowest BCUT2D eigenvalue weighted by Gasteiger charge is -1.99. The van der Waals surface area contributed by atoms with Crippen LogP contribution in [0.25, 0.3) is 0 Å². The van der Waals surface area contributed by atoms with Gasteiger partial charge in [-0.2, -0.15) is 10.2 Å². The van der Waals surface area contributed by atoms with Crippen molar-refractivity contribution in [2.24, 2.45) is 10.2 Å². The second-order valence-electron chi connectivity index (χ2n) is 4.81. The third kappa shape index (κ3) is 5.09. The standard InChI is InChI=1S/C16H16N6O2/c1-11-3-5-13(9-17-11)15(23)21-19-7-8-20-22-16(24)14-6-4-12(2)18-10-14/h3-10H,1-2H3,(H,21,23)(H,22,24)/b19-7-,20-8+. The predicted molar refractivity (Wildman–Crippen MR) is 89.9 cm³/mol. The van der Waals surface area contributed by atoms with Crippen LogP contribution in [-0.2, 0) is 0 Å². The molecule has 0 saturated heterocycles. The topological polar surface area (TPSA) is 109 Å². The molecule has 0 aliphatic rings. The molecule has 2 aromatic rings. The molecule has 2 heterocycles. The van der Waals surface area contributed by atoms with Gasteiger partial charge >= 0.3 is 0 Å². The number of hydrazone groups is 2. The minimum Gasteiger partial charge on any atom is -0.267 e. The summed E-state index contributed by atoms with van der Waals surface area (Å²) in [5.74, 6) is -0.774. The van der Waals surface area contributed by atoms with Crippen LogP contribution in [0.3, 0.4) is 0 Å². The summed E-state index contributed by atoms with van der Waals surface area (Å²) in [6.45, 7) is 3.66. The fraction of sp³-hybridized carbons (Fsp3) is 0.125. The van der Waals surface area contributed by atoms with Crippen molar-refractivity contribution in [3.63, 3.8) is 0 Å². The molecular weight excluding hydrogens is 308 g/mol. The Bertz CT molecular complexity index is 699. The number of pyridine rings is 2. The molecule has 2 rings (SSSR count). The summed E-state index contributed by atoms with van der Waals surface area (Å²) in [7, 11) is 0. The van der Waals surface area contributed by atoms with Crippen LogP contribution in [0, 0.1) is 13.8 Å². The number of hydrogen-bond donors (Lipinski definition) is 2. The molecule has 8 heteroatoms. The molecule has 8 nitrogen and oxygen atoms in total. The SMILES string of the molecule is Cc1ccc(C(=O)N/N=C\C=N\NC(=O)c2ccc(C)nc2)cn1. The summed E-state index contributed by atoms with van der Waals surface area (Å²) in [6, 6.07) is 6.76. The largest absolute Gasteiger partial charge is 0.272 e. The molecule has 2 amide bonds. The number of rotatable bonds is 5. The Hall–Kier alpha value is -3.42. The van der Waals surface area contributed by atoms with Crippen molar-refractivity contribution in [3.8, 4) is 0 Å². The quantitative estimate of drug-likeness (QED) is 0.636. The van der Waals surface area contributed by atoms with Gasteiger partial charge in [-0.1, -0.05) is 0 Å². The van der Waals surface area contributed by atoms with Gasteiger partial charge in [-0.3, -0.25) is 19.6 Å². The van der Waals surface area contributed by atoms with E-state index in [1.807, 2.05) is 13.8 Å². The summed E-state index contributed by atoms with van der Waals surface area (Å²) in [5.41, 5.74) is 7.08. The molecular formula is C16H16N6O2. The fourth-order valence-corrected chi connectivity index (χ4v) is 1.59. The van der Waals surface area contributed by atoms with Crippen LogP contribution in [0.15, 0.2) is 46.9 Å². The number of aryl methyl sites for hydroxylation is 2. The highest BCUT2D eigenvalue weighted by atomic mass is 16.2. The third-order valence-electron chi connectivity index (χ3n) is 2.90. The van der Waals surface area contributed by atoms with Gasteiger partial charge in [0.15, 0.2) is 0 Å². The van der Waals surface area contributed by atoms with Crippen LogP contribution in [0.4, 0.5) is 0 Å². The lowest BCUT2D eigenvalue weighted by Crippen LogP contribution is -2.19. The Morgan fingerprint density at radius 3 is 1.58 bits per heavy atom. The number of aromatic nitrogens is 2. The molecule has 122 valence electrons. The van der Waals surface area contributed by atoms with Crippen LogP contribution in [-0.4, -0.2) is 34.2 Å². The highest BCUT2D eigenvalue weighted by Crippen LogP contribution is 1.99. The van der Waals surface area contributed by atoms with E-state index in [2.05, 4.69) is 31.0 Å². The molecule has 0 aliphatic carbocycles. The first-order valence-corrected chi connectivity index (χ1v) is 7.07. The Morgan fingerprint density at radius 2 is 1.25 bits per heavy atom. The number of amides is 2. The molecule has 0 aliphatic heterocycles. The average molecular weight is 324 g/mol. The molecule has 0 atom stereocenters. The monoisotopic (exact) mass is 324 g/mol. The summed E-state index contributed by atoms with van der Waals surface area (Å²) in [5, 5.41) is 7.37. The second kappa shape index (κ2) is 8.28. The van der Waals surface area contributed by atoms with E-state index in [1.54, 1.807) is 24.3 Å². The molecule has 0 unspecified atom stereocenters. The van der Waals surface area contributed by atoms with Crippen LogP contribution < -0.4 is 10.9 Å². The zero-order valence-corrected chi connectivity index (χ0v) is 13.2. The zero-order valence-electron chi connectivity index (χ0n) is 13.2. The fourth-order valence-electron chi connectivity index (χ4n) is 1.59. The molecule has 0 aromatic carbocycles. The molecule has 0 spiro atoms. The lowest BCUT2D eigenvalue weighted by atomic mass is 10.2. The molecule has 2 N–H and O–H groups in total. The first kappa shape index (κ1) is 16.9. The second-order valence-corrected chi connectivity index (χ2v) is 4.81. The normalized spacial score (nSPS) is 10.9. The van der Waals surface area contributed by atoms with E-state index >= 15 is 0 Å². The van der Waals surface area contributed by atoms with Crippen molar-refractivity contribution in [2.45, 2.75) is 13.8 Å². The summed E-state index contributed by atoms with van der Waals surface area (Å²) < 4.78 is 0. The van der Waals surface area contributed by atoms with Crippen LogP contribution in [0.1, 0.15) is 32.1 Å². The van der Waals surface area contributed by atoms with Crippen LogP contribution in [0.5, 0.6) is 0 Å². The maximum atomic E-state index is 11.7. The molecule has 24 heavy (non-hydrogen) atoms. The van der Waals surface area contributed by atoms with Gasteiger partial charge in [0, 0.05) is 23.8 Å². The van der Waals surface area contributed by atoms with Crippen LogP contribution in [0.2, 0.25) is 0 Å². The number of carbonyl (C=O) groups excluding carboxylic acids is 2. The number of nitrogens with zero attached hydrogens (tertiary/aromatic N) is 4. The van der Waals surface area contributed by atoms with Crippen molar-refractivity contribution in [1.29, 1.82) is 0 Å². The van der Waals surface area contributed by atoms with E-state index in [0.29, 0.717) is 11.1 Å². The van der Waals surface area contributed by atoms with Gasteiger partial charge in [-0.15, -0.1) is 0 Å². The van der Waals surface area contributed by atoms with Gasteiger partial charge in [0.1, 0.15) is 0 Å². The minimum atomic E-state index is -0.387. The molecule has 2 aromatic heterocycles. The van der Waals surface area contributed by atoms with E-state index in [-0.39, 0.29) is 11.8 Å². The Morgan fingerprint density at radius 1 is 0.833 bits per heavy atom. The predicted octanol–water partition coefficient (Wildman–Crippen LogP) is 1.22. The van der Waals surface area contributed by atoms with Gasteiger partial charge in [0.05, 0.1) is 23.6 Å². The van der Waals surface area contributed by atoms with Crippen molar-refractivity contribution in [3.05, 3.63) is 59.2 Å². The first-order valence-electron chi connectivity index (χ1n) is 7.07. The van der Waals surface area contributed by atoms with Gasteiger partial charge in [-0.05, 0) is 38.1 Å². The number of hydrogen-bond acceptors (Lipinski definition) is 6. The van der Waals surface area contributed by atoms with Gasteiger partial charge in [0.25, 0.3) is 11.8 Å². The smallest absolute Gasteiger partial charge is 0.267 e. The maximum absolute atomic E-state index is 11.7. The van der Waals surface area contributed by atoms with E-state index in [1.165, 1.54) is 24.8 Å². The van der Waals surface area contributed by atoms with E-state index in [0.717, 1.165) is 11.4 Å². The van der Waals surface area contributed by atoms with Gasteiger partial charge in [-0.25, -0.2) is 10.9 Å². The van der Waals surface area contributed by atoms with Crippen molar-refractivity contribution in [1.82, 2.24) is 20.8 Å². The first-order chi connectivity index (χ1) is 11.6. The van der Waals surface area contributed by atoms with Crippen molar-refractivity contribution >= 4 is 24.2 Å². The molecule has 0 radical (unpaired) electrons. The van der Waals surface area contributed by atoms with Gasteiger partial charge < -0.3 is 0 Å². The van der Waals surface area contributed by atoms with Crippen LogP contribution >= 0.6 is 0 Å². The van der Waals surface area contributed by atoms with E-state index < -0.39 is 0 Å². The summed E-state index contributed by atoms with van der Waals surface area (Å²) in [6.07, 6.45) is 5.41. The highest BCUT2D eigenvalue weighted by molar-refractivity contribution is 6.16. The third-order valence-corrected chi connectivity index (χ3v) is 2.90. The summed E-state index contributed by atoms with van der Waals surface area (Å²) in [4.78, 5) is 31.5. The molecule has 0 saturated carbocycles. The Kier molecular flexibility index (Phi) is 5.84. The Labute approximate surface area is 138 Å². The van der Waals surface area contributed by atoms with Gasteiger partial charge in [0.2, 0.25) is 0 Å². The number of nitrogens with one attached hydrogen (secondary N) is 2. The van der Waals surface area contributed by atoms with E-state index in [9.17, 15) is 9.59 Å². The highest BCUT2D eigenvalue weighted by Gasteiger charge is 2.04. The molecule has 0 bridgehead atoms.